The van der Waals surface area contributed by atoms with Crippen LogP contribution in [0.25, 0.3) is 0 Å². The molecule has 0 amide bonds. The average Bonchev–Trinajstić information content (AvgIpc) is 2.52. The van der Waals surface area contributed by atoms with Crippen LogP contribution in [0.3, 0.4) is 0 Å². The third kappa shape index (κ3) is 5.86. The van der Waals surface area contributed by atoms with Gasteiger partial charge in [0.1, 0.15) is 5.82 Å². The van der Waals surface area contributed by atoms with Gasteiger partial charge in [-0.3, -0.25) is 4.98 Å². The number of hydrogen-bond acceptors (Lipinski definition) is 3. The molecule has 0 fully saturated rings. The minimum absolute atomic E-state index is 0.185. The molecule has 112 valence electrons. The zero-order valence-corrected chi connectivity index (χ0v) is 13.1. The van der Waals surface area contributed by atoms with E-state index in [9.17, 15) is 4.39 Å². The van der Waals surface area contributed by atoms with Crippen LogP contribution < -0.4 is 5.32 Å². The fourth-order valence-corrected chi connectivity index (χ4v) is 3.03. The second-order valence-corrected chi connectivity index (χ2v) is 6.07. The highest BCUT2D eigenvalue weighted by molar-refractivity contribution is 7.99. The van der Waals surface area contributed by atoms with E-state index in [1.54, 1.807) is 18.0 Å². The predicted octanol–water partition coefficient (Wildman–Crippen LogP) is 3.92. The molecule has 1 N–H and O–H groups in total. The van der Waals surface area contributed by atoms with Crippen LogP contribution in [0.15, 0.2) is 53.7 Å². The number of thioether (sulfide) groups is 1. The predicted molar refractivity (Wildman–Crippen MR) is 87.1 cm³/mol. The highest BCUT2D eigenvalue weighted by Gasteiger charge is 2.10. The van der Waals surface area contributed by atoms with E-state index in [2.05, 4.69) is 23.3 Å². The van der Waals surface area contributed by atoms with Crippen LogP contribution >= 0.6 is 11.8 Å². The lowest BCUT2D eigenvalue weighted by Gasteiger charge is -2.18. The Balaban J connectivity index is 1.91. The molecule has 4 heteroatoms. The minimum atomic E-state index is -0.185. The Bertz CT molecular complexity index is 516. The van der Waals surface area contributed by atoms with Crippen LogP contribution in [0.4, 0.5) is 4.39 Å². The smallest absolute Gasteiger partial charge is 0.123 e. The Morgan fingerprint density at radius 1 is 1.24 bits per heavy atom. The zero-order chi connectivity index (χ0) is 14.9. The third-order valence-corrected chi connectivity index (χ3v) is 4.33. The van der Waals surface area contributed by atoms with Gasteiger partial charge in [0.25, 0.3) is 0 Å². The number of pyridine rings is 1. The highest BCUT2D eigenvalue weighted by Crippen LogP contribution is 2.20. The molecule has 0 aliphatic rings. The number of benzene rings is 1. The summed E-state index contributed by atoms with van der Waals surface area (Å²) in [7, 11) is 0. The molecular weight excluding hydrogens is 283 g/mol. The van der Waals surface area contributed by atoms with E-state index in [-0.39, 0.29) is 5.82 Å². The summed E-state index contributed by atoms with van der Waals surface area (Å²) >= 11 is 1.76. The van der Waals surface area contributed by atoms with E-state index in [0.29, 0.717) is 6.04 Å². The molecular formula is C17H21FN2S. The molecule has 0 saturated carbocycles. The standard InChI is InChI=1S/C17H21FN2S/c1-2-9-20-16(11-14-4-3-10-19-12-14)13-21-17-7-5-15(18)6-8-17/h3-8,10,12,16,20H,2,9,11,13H2,1H3. The fourth-order valence-electron chi connectivity index (χ4n) is 2.07. The van der Waals surface area contributed by atoms with Crippen LogP contribution in [0.2, 0.25) is 0 Å². The van der Waals surface area contributed by atoms with Crippen LogP contribution in [-0.4, -0.2) is 23.3 Å². The Hall–Kier alpha value is -1.39. The summed E-state index contributed by atoms with van der Waals surface area (Å²) in [6.07, 6.45) is 5.79. The first kappa shape index (κ1) is 16.0. The molecule has 1 unspecified atom stereocenters. The lowest BCUT2D eigenvalue weighted by atomic mass is 10.1. The van der Waals surface area contributed by atoms with Gasteiger partial charge < -0.3 is 5.32 Å². The summed E-state index contributed by atoms with van der Waals surface area (Å²) in [5.74, 6) is 0.774. The van der Waals surface area contributed by atoms with Gasteiger partial charge in [0, 0.05) is 29.1 Å². The Kier molecular flexibility index (Phi) is 6.70. The van der Waals surface area contributed by atoms with Crippen molar-refractivity contribution in [2.24, 2.45) is 0 Å². The van der Waals surface area contributed by atoms with E-state index < -0.39 is 0 Å². The maximum absolute atomic E-state index is 12.9. The van der Waals surface area contributed by atoms with Crippen molar-refractivity contribution >= 4 is 11.8 Å². The van der Waals surface area contributed by atoms with E-state index in [1.807, 2.05) is 24.4 Å². The highest BCUT2D eigenvalue weighted by atomic mass is 32.2. The lowest BCUT2D eigenvalue weighted by Crippen LogP contribution is -2.34. The normalized spacial score (nSPS) is 12.3. The zero-order valence-electron chi connectivity index (χ0n) is 12.3. The summed E-state index contributed by atoms with van der Waals surface area (Å²) < 4.78 is 12.9. The summed E-state index contributed by atoms with van der Waals surface area (Å²) in [5, 5.41) is 3.58. The van der Waals surface area contributed by atoms with Gasteiger partial charge in [-0.1, -0.05) is 13.0 Å². The van der Waals surface area contributed by atoms with Gasteiger partial charge >= 0.3 is 0 Å². The van der Waals surface area contributed by atoms with E-state index in [1.165, 1.54) is 17.7 Å². The summed E-state index contributed by atoms with van der Waals surface area (Å²) in [5.41, 5.74) is 1.24. The van der Waals surface area contributed by atoms with Crippen LogP contribution in [0, 0.1) is 5.82 Å². The van der Waals surface area contributed by atoms with E-state index >= 15 is 0 Å². The quantitative estimate of drug-likeness (QED) is 0.748. The van der Waals surface area contributed by atoms with Crippen molar-refractivity contribution in [1.82, 2.24) is 10.3 Å². The molecule has 1 aromatic heterocycles. The topological polar surface area (TPSA) is 24.9 Å². The number of halogens is 1. The summed E-state index contributed by atoms with van der Waals surface area (Å²) in [4.78, 5) is 5.27. The number of nitrogens with zero attached hydrogens (tertiary/aromatic N) is 1. The molecule has 1 atom stereocenters. The van der Waals surface area contributed by atoms with Crippen molar-refractivity contribution in [3.63, 3.8) is 0 Å². The van der Waals surface area contributed by atoms with Gasteiger partial charge in [-0.25, -0.2) is 4.39 Å². The van der Waals surface area contributed by atoms with E-state index in [0.717, 1.165) is 30.0 Å². The molecule has 2 rings (SSSR count). The molecule has 0 saturated heterocycles. The van der Waals surface area contributed by atoms with Gasteiger partial charge in [0.2, 0.25) is 0 Å². The monoisotopic (exact) mass is 304 g/mol. The molecule has 0 spiro atoms. The van der Waals surface area contributed by atoms with Crippen molar-refractivity contribution < 1.29 is 4.39 Å². The van der Waals surface area contributed by atoms with Crippen molar-refractivity contribution in [1.29, 1.82) is 0 Å². The first-order valence-corrected chi connectivity index (χ1v) is 8.27. The van der Waals surface area contributed by atoms with Crippen LogP contribution in [-0.2, 0) is 6.42 Å². The first-order valence-electron chi connectivity index (χ1n) is 7.28. The molecule has 1 aromatic carbocycles. The van der Waals surface area contributed by atoms with E-state index in [4.69, 9.17) is 0 Å². The lowest BCUT2D eigenvalue weighted by molar-refractivity contribution is 0.549. The molecule has 21 heavy (non-hydrogen) atoms. The fraction of sp³-hybridized carbons (Fsp3) is 0.353. The largest absolute Gasteiger partial charge is 0.313 e. The number of aromatic nitrogens is 1. The van der Waals surface area contributed by atoms with Crippen molar-refractivity contribution in [3.8, 4) is 0 Å². The SMILES string of the molecule is CCCNC(CSc1ccc(F)cc1)Cc1cccnc1. The molecule has 2 nitrogen and oxygen atoms in total. The Labute approximate surface area is 130 Å². The van der Waals surface area contributed by atoms with Gasteiger partial charge in [-0.05, 0) is 55.3 Å². The second kappa shape index (κ2) is 8.80. The van der Waals surface area contributed by atoms with Crippen LogP contribution in [0.5, 0.6) is 0 Å². The number of nitrogens with one attached hydrogen (secondary N) is 1. The summed E-state index contributed by atoms with van der Waals surface area (Å²) in [6.45, 7) is 3.18. The molecule has 0 aliphatic carbocycles. The second-order valence-electron chi connectivity index (χ2n) is 4.98. The third-order valence-electron chi connectivity index (χ3n) is 3.15. The molecule has 0 bridgehead atoms. The van der Waals surface area contributed by atoms with Gasteiger partial charge in [0.05, 0.1) is 0 Å². The van der Waals surface area contributed by atoms with Crippen molar-refractivity contribution in [3.05, 3.63) is 60.2 Å². The van der Waals surface area contributed by atoms with Gasteiger partial charge in [-0.15, -0.1) is 11.8 Å². The number of rotatable bonds is 8. The maximum atomic E-state index is 12.9. The Morgan fingerprint density at radius 3 is 2.71 bits per heavy atom. The first-order chi connectivity index (χ1) is 10.3. The average molecular weight is 304 g/mol. The number of hydrogen-bond donors (Lipinski definition) is 1. The minimum Gasteiger partial charge on any atom is -0.313 e. The van der Waals surface area contributed by atoms with Gasteiger partial charge in [-0.2, -0.15) is 0 Å². The molecule has 2 aromatic rings. The van der Waals surface area contributed by atoms with Crippen molar-refractivity contribution in [2.45, 2.75) is 30.7 Å². The summed E-state index contributed by atoms with van der Waals surface area (Å²) in [6, 6.07) is 11.2. The molecule has 1 heterocycles. The molecule has 0 aliphatic heterocycles. The van der Waals surface area contributed by atoms with Crippen LogP contribution in [0.1, 0.15) is 18.9 Å². The Morgan fingerprint density at radius 2 is 2.05 bits per heavy atom. The molecule has 0 radical (unpaired) electrons. The van der Waals surface area contributed by atoms with Crippen molar-refractivity contribution in [2.75, 3.05) is 12.3 Å². The van der Waals surface area contributed by atoms with Gasteiger partial charge in [0.15, 0.2) is 0 Å². The maximum Gasteiger partial charge on any atom is 0.123 e.